The van der Waals surface area contributed by atoms with E-state index in [-0.39, 0.29) is 18.2 Å². The first-order valence-corrected chi connectivity index (χ1v) is 4.63. The molecule has 0 saturated carbocycles. The van der Waals surface area contributed by atoms with Crippen molar-refractivity contribution in [3.8, 4) is 0 Å². The molecule has 2 atom stereocenters. The Morgan fingerprint density at radius 3 is 2.94 bits per heavy atom. The van der Waals surface area contributed by atoms with Gasteiger partial charge in [-0.3, -0.25) is 4.57 Å². The van der Waals surface area contributed by atoms with Crippen molar-refractivity contribution >= 4 is 5.82 Å². The summed E-state index contributed by atoms with van der Waals surface area (Å²) in [5.41, 5.74) is 4.71. The van der Waals surface area contributed by atoms with Crippen molar-refractivity contribution in [3.05, 3.63) is 34.6 Å². The van der Waals surface area contributed by atoms with Crippen molar-refractivity contribution < 1.29 is 14.9 Å². The lowest BCUT2D eigenvalue weighted by molar-refractivity contribution is -0.0273. The first-order chi connectivity index (χ1) is 7.61. The zero-order valence-corrected chi connectivity index (χ0v) is 8.28. The number of aromatic nitrogens is 2. The quantitative estimate of drug-likeness (QED) is 0.605. The molecule has 1 aromatic heterocycles. The van der Waals surface area contributed by atoms with Crippen LogP contribution >= 0.6 is 0 Å². The van der Waals surface area contributed by atoms with Gasteiger partial charge in [-0.05, 0) is 12.1 Å². The van der Waals surface area contributed by atoms with Gasteiger partial charge in [0, 0.05) is 6.20 Å². The molecule has 7 nitrogen and oxygen atoms in total. The van der Waals surface area contributed by atoms with Crippen LogP contribution in [0.3, 0.4) is 0 Å². The van der Waals surface area contributed by atoms with Gasteiger partial charge < -0.3 is 20.7 Å². The lowest BCUT2D eigenvalue weighted by Crippen LogP contribution is -2.29. The number of aliphatic hydroxyl groups excluding tert-OH is 2. The van der Waals surface area contributed by atoms with Gasteiger partial charge in [-0.2, -0.15) is 4.98 Å². The van der Waals surface area contributed by atoms with Gasteiger partial charge in [-0.1, -0.05) is 0 Å². The second kappa shape index (κ2) is 3.95. The van der Waals surface area contributed by atoms with Gasteiger partial charge in [0.05, 0.1) is 6.61 Å². The molecule has 0 saturated heterocycles. The minimum atomic E-state index is -0.947. The highest BCUT2D eigenvalue weighted by atomic mass is 16.5. The summed E-state index contributed by atoms with van der Waals surface area (Å²) in [7, 11) is 0. The maximum atomic E-state index is 11.5. The fraction of sp³-hybridized carbons (Fsp3) is 0.333. The van der Waals surface area contributed by atoms with Crippen molar-refractivity contribution in [2.24, 2.45) is 0 Å². The molecule has 0 fully saturated rings. The van der Waals surface area contributed by atoms with Gasteiger partial charge in [0.1, 0.15) is 17.7 Å². The first-order valence-electron chi connectivity index (χ1n) is 4.63. The fourth-order valence-corrected chi connectivity index (χ4v) is 1.46. The Balaban J connectivity index is 2.33. The number of hydrogen-bond acceptors (Lipinski definition) is 6. The largest absolute Gasteiger partial charge is 0.508 e. The van der Waals surface area contributed by atoms with Gasteiger partial charge in [0.25, 0.3) is 0 Å². The second-order valence-electron chi connectivity index (χ2n) is 3.34. The maximum absolute atomic E-state index is 11.5. The standard InChI is InChI=1S/C9H11N3O4/c10-7-1-2-12(9(15)11-7)8-6(14)3-5(4-13)16-8/h1-3,5,8,13-14H,4H2,(H2,10,11,15)/t5-,8+/m0/s1. The van der Waals surface area contributed by atoms with Crippen molar-refractivity contribution in [1.29, 1.82) is 0 Å². The molecular weight excluding hydrogens is 214 g/mol. The maximum Gasteiger partial charge on any atom is 0.351 e. The molecule has 2 heterocycles. The monoisotopic (exact) mass is 225 g/mol. The van der Waals surface area contributed by atoms with Crippen LogP contribution in [0.15, 0.2) is 28.9 Å². The highest BCUT2D eigenvalue weighted by molar-refractivity contribution is 5.24. The number of nitrogens with zero attached hydrogens (tertiary/aromatic N) is 2. The van der Waals surface area contributed by atoms with Crippen LogP contribution in [0.25, 0.3) is 0 Å². The molecule has 0 radical (unpaired) electrons. The average Bonchev–Trinajstić information content (AvgIpc) is 2.60. The molecule has 1 aliphatic rings. The molecule has 86 valence electrons. The lowest BCUT2D eigenvalue weighted by atomic mass is 10.3. The summed E-state index contributed by atoms with van der Waals surface area (Å²) in [5.74, 6) is -0.0332. The highest BCUT2D eigenvalue weighted by Crippen LogP contribution is 2.25. The molecule has 1 aromatic rings. The number of ether oxygens (including phenoxy) is 1. The molecule has 0 aromatic carbocycles. The SMILES string of the molecule is Nc1ccn([C@@H]2O[C@H](CO)C=C2O)c(=O)n1. The van der Waals surface area contributed by atoms with E-state index in [2.05, 4.69) is 4.98 Å². The third kappa shape index (κ3) is 1.77. The van der Waals surface area contributed by atoms with E-state index >= 15 is 0 Å². The Kier molecular flexibility index (Phi) is 2.63. The average molecular weight is 225 g/mol. The molecular formula is C9H11N3O4. The van der Waals surface area contributed by atoms with E-state index in [0.717, 1.165) is 4.57 Å². The normalized spacial score (nSPS) is 24.4. The van der Waals surface area contributed by atoms with E-state index in [4.69, 9.17) is 15.6 Å². The van der Waals surface area contributed by atoms with Crippen molar-refractivity contribution in [1.82, 2.24) is 9.55 Å². The van der Waals surface area contributed by atoms with Gasteiger partial charge in [0.2, 0.25) is 0 Å². The molecule has 0 aliphatic carbocycles. The second-order valence-corrected chi connectivity index (χ2v) is 3.34. The van der Waals surface area contributed by atoms with Gasteiger partial charge in [-0.15, -0.1) is 0 Å². The summed E-state index contributed by atoms with van der Waals surface area (Å²) in [6.07, 6.45) is 1.15. The van der Waals surface area contributed by atoms with E-state index in [9.17, 15) is 9.90 Å². The third-order valence-electron chi connectivity index (χ3n) is 2.20. The van der Waals surface area contributed by atoms with Crippen LogP contribution in [0.5, 0.6) is 0 Å². The van der Waals surface area contributed by atoms with Crippen molar-refractivity contribution in [2.45, 2.75) is 12.3 Å². The molecule has 16 heavy (non-hydrogen) atoms. The van der Waals surface area contributed by atoms with Gasteiger partial charge in [0.15, 0.2) is 6.23 Å². The smallest absolute Gasteiger partial charge is 0.351 e. The Hall–Kier alpha value is -1.86. The summed E-state index contributed by atoms with van der Waals surface area (Å²) >= 11 is 0. The van der Waals surface area contributed by atoms with Crippen LogP contribution in [-0.4, -0.2) is 32.5 Å². The molecule has 0 amide bonds. The fourth-order valence-electron chi connectivity index (χ4n) is 1.46. The number of nitrogens with two attached hydrogens (primary N) is 1. The first kappa shape index (κ1) is 10.7. The van der Waals surface area contributed by atoms with E-state index in [1.54, 1.807) is 0 Å². The minimum absolute atomic E-state index is 0.0985. The van der Waals surface area contributed by atoms with E-state index < -0.39 is 18.0 Å². The summed E-state index contributed by atoms with van der Waals surface area (Å²) < 4.78 is 6.31. The third-order valence-corrected chi connectivity index (χ3v) is 2.20. The minimum Gasteiger partial charge on any atom is -0.508 e. The van der Waals surface area contributed by atoms with Crippen LogP contribution < -0.4 is 11.4 Å². The van der Waals surface area contributed by atoms with Crippen molar-refractivity contribution in [3.63, 3.8) is 0 Å². The summed E-state index contributed by atoms with van der Waals surface area (Å²) in [6.45, 7) is -0.266. The molecule has 7 heteroatoms. The molecule has 0 spiro atoms. The summed E-state index contributed by atoms with van der Waals surface area (Å²) in [5, 5.41) is 18.4. The number of nitrogen functional groups attached to an aromatic ring is 1. The Morgan fingerprint density at radius 1 is 1.62 bits per heavy atom. The number of rotatable bonds is 2. The van der Waals surface area contributed by atoms with Crippen LogP contribution in [0.4, 0.5) is 5.82 Å². The lowest BCUT2D eigenvalue weighted by Gasteiger charge is -2.15. The topological polar surface area (TPSA) is 111 Å². The predicted octanol–water partition coefficient (Wildman–Crippen LogP) is -0.843. The number of aliphatic hydroxyl groups is 2. The van der Waals surface area contributed by atoms with E-state index in [1.165, 1.54) is 18.3 Å². The Labute approximate surface area is 90.4 Å². The number of anilines is 1. The molecule has 2 rings (SSSR count). The van der Waals surface area contributed by atoms with E-state index in [1.807, 2.05) is 0 Å². The predicted molar refractivity (Wildman–Crippen MR) is 54.6 cm³/mol. The van der Waals surface area contributed by atoms with Crippen molar-refractivity contribution in [2.75, 3.05) is 12.3 Å². The summed E-state index contributed by atoms with van der Waals surface area (Å²) in [4.78, 5) is 15.0. The Bertz CT molecular complexity index is 482. The van der Waals surface area contributed by atoms with Crippen LogP contribution in [0.2, 0.25) is 0 Å². The van der Waals surface area contributed by atoms with Gasteiger partial charge in [-0.25, -0.2) is 4.79 Å². The highest BCUT2D eigenvalue weighted by Gasteiger charge is 2.28. The molecule has 0 unspecified atom stereocenters. The molecule has 1 aliphatic heterocycles. The zero-order valence-electron chi connectivity index (χ0n) is 8.28. The summed E-state index contributed by atoms with van der Waals surface area (Å²) in [6, 6.07) is 1.42. The molecule has 0 bridgehead atoms. The zero-order chi connectivity index (χ0) is 11.7. The van der Waals surface area contributed by atoms with E-state index in [0.29, 0.717) is 0 Å². The molecule has 4 N–H and O–H groups in total. The van der Waals surface area contributed by atoms with Crippen LogP contribution in [-0.2, 0) is 4.74 Å². The van der Waals surface area contributed by atoms with Gasteiger partial charge >= 0.3 is 5.69 Å². The van der Waals surface area contributed by atoms with Crippen LogP contribution in [0, 0.1) is 0 Å². The van der Waals surface area contributed by atoms with Crippen LogP contribution in [0.1, 0.15) is 6.23 Å². The Morgan fingerprint density at radius 2 is 2.38 bits per heavy atom. The number of hydrogen-bond donors (Lipinski definition) is 3.